The zero-order valence-corrected chi connectivity index (χ0v) is 13.1. The first-order chi connectivity index (χ1) is 10.2. The molecule has 1 atom stereocenters. The Hall–Kier alpha value is -1.66. The van der Waals surface area contributed by atoms with E-state index in [9.17, 15) is 4.79 Å². The molecule has 6 heteroatoms. The van der Waals surface area contributed by atoms with Crippen LogP contribution in [0.2, 0.25) is 0 Å². The number of ether oxygens (including phenoxy) is 1. The zero-order chi connectivity index (χ0) is 14.8. The molecule has 0 saturated heterocycles. The number of hydrogen-bond acceptors (Lipinski definition) is 4. The first-order valence-electron chi connectivity index (χ1n) is 6.97. The van der Waals surface area contributed by atoms with Gasteiger partial charge in [0, 0.05) is 32.2 Å². The van der Waals surface area contributed by atoms with Crippen LogP contribution in [0, 0.1) is 0 Å². The molecule has 1 amide bonds. The SMILES string of the molecule is COC[C@@H]1CN(C(=O)Cc2ccsc2)Cc2c1cnn2C. The summed E-state index contributed by atoms with van der Waals surface area (Å²) in [6.45, 7) is 1.95. The van der Waals surface area contributed by atoms with Crippen LogP contribution < -0.4 is 0 Å². The molecule has 21 heavy (non-hydrogen) atoms. The van der Waals surface area contributed by atoms with Gasteiger partial charge >= 0.3 is 0 Å². The monoisotopic (exact) mass is 305 g/mol. The van der Waals surface area contributed by atoms with Crippen molar-refractivity contribution in [3.8, 4) is 0 Å². The second-order valence-corrected chi connectivity index (χ2v) is 6.19. The summed E-state index contributed by atoms with van der Waals surface area (Å²) in [6, 6.07) is 2.01. The van der Waals surface area contributed by atoms with E-state index >= 15 is 0 Å². The van der Waals surface area contributed by atoms with E-state index in [1.54, 1.807) is 18.4 Å². The molecular formula is C15H19N3O2S. The van der Waals surface area contributed by atoms with Crippen LogP contribution in [-0.2, 0) is 29.5 Å². The first-order valence-corrected chi connectivity index (χ1v) is 7.92. The van der Waals surface area contributed by atoms with Crippen LogP contribution in [0.25, 0.3) is 0 Å². The Balaban J connectivity index is 1.78. The van der Waals surface area contributed by atoms with Crippen LogP contribution in [0.15, 0.2) is 23.0 Å². The van der Waals surface area contributed by atoms with E-state index in [2.05, 4.69) is 5.10 Å². The lowest BCUT2D eigenvalue weighted by molar-refractivity contribution is -0.132. The van der Waals surface area contributed by atoms with Crippen LogP contribution in [0.3, 0.4) is 0 Å². The number of nitrogens with zero attached hydrogens (tertiary/aromatic N) is 3. The predicted octanol–water partition coefficient (Wildman–Crippen LogP) is 1.80. The summed E-state index contributed by atoms with van der Waals surface area (Å²) < 4.78 is 7.17. The number of thiophene rings is 1. The largest absolute Gasteiger partial charge is 0.384 e. The molecule has 0 radical (unpaired) electrons. The van der Waals surface area contributed by atoms with Crippen LogP contribution in [-0.4, -0.2) is 40.8 Å². The molecule has 2 aromatic rings. The Morgan fingerprint density at radius 2 is 2.43 bits per heavy atom. The van der Waals surface area contributed by atoms with Gasteiger partial charge in [-0.25, -0.2) is 0 Å². The Labute approximate surface area is 128 Å². The number of carbonyl (C=O) groups is 1. The first kappa shape index (κ1) is 14.3. The summed E-state index contributed by atoms with van der Waals surface area (Å²) in [5.74, 6) is 0.375. The number of carbonyl (C=O) groups excluding carboxylic acids is 1. The number of amides is 1. The standard InChI is InChI=1S/C15H19N3O2S/c1-17-14-8-18(15(19)5-11-3-4-21-10-11)7-12(9-20-2)13(14)6-16-17/h3-4,6,10,12H,5,7-9H2,1-2H3/t12-/m0/s1. The molecule has 3 heterocycles. The van der Waals surface area contributed by atoms with E-state index in [0.717, 1.165) is 11.3 Å². The quantitative estimate of drug-likeness (QED) is 0.865. The average Bonchev–Trinajstić information content (AvgIpc) is 3.10. The maximum Gasteiger partial charge on any atom is 0.227 e. The normalized spacial score (nSPS) is 17.8. The Morgan fingerprint density at radius 3 is 3.14 bits per heavy atom. The topological polar surface area (TPSA) is 47.4 Å². The highest BCUT2D eigenvalue weighted by Crippen LogP contribution is 2.28. The van der Waals surface area contributed by atoms with Gasteiger partial charge in [-0.2, -0.15) is 16.4 Å². The second-order valence-electron chi connectivity index (χ2n) is 5.41. The third kappa shape index (κ3) is 2.87. The van der Waals surface area contributed by atoms with Gasteiger partial charge in [-0.1, -0.05) is 0 Å². The average molecular weight is 305 g/mol. The van der Waals surface area contributed by atoms with E-state index in [1.807, 2.05) is 39.7 Å². The molecule has 2 aromatic heterocycles. The molecule has 5 nitrogen and oxygen atoms in total. The van der Waals surface area contributed by atoms with Crippen LogP contribution >= 0.6 is 11.3 Å². The fourth-order valence-electron chi connectivity index (χ4n) is 2.84. The molecule has 3 rings (SSSR count). The fraction of sp³-hybridized carbons (Fsp3) is 0.467. The summed E-state index contributed by atoms with van der Waals surface area (Å²) in [6.07, 6.45) is 2.37. The van der Waals surface area contributed by atoms with Crippen LogP contribution in [0.4, 0.5) is 0 Å². The summed E-state index contributed by atoms with van der Waals surface area (Å²) in [7, 11) is 3.62. The van der Waals surface area contributed by atoms with E-state index in [0.29, 0.717) is 26.1 Å². The molecule has 0 aliphatic carbocycles. The molecule has 0 aromatic carbocycles. The van der Waals surface area contributed by atoms with Crippen molar-refractivity contribution in [3.05, 3.63) is 39.8 Å². The Bertz CT molecular complexity index is 621. The number of methoxy groups -OCH3 is 1. The lowest BCUT2D eigenvalue weighted by Gasteiger charge is -2.32. The minimum absolute atomic E-state index is 0.168. The van der Waals surface area contributed by atoms with E-state index < -0.39 is 0 Å². The van der Waals surface area contributed by atoms with E-state index in [1.165, 1.54) is 5.56 Å². The van der Waals surface area contributed by atoms with Gasteiger partial charge in [0.25, 0.3) is 0 Å². The number of aryl methyl sites for hydroxylation is 1. The number of aromatic nitrogens is 2. The molecule has 0 N–H and O–H groups in total. The third-order valence-electron chi connectivity index (χ3n) is 3.97. The van der Waals surface area contributed by atoms with Crippen molar-refractivity contribution in [1.82, 2.24) is 14.7 Å². The van der Waals surface area contributed by atoms with Crippen molar-refractivity contribution < 1.29 is 9.53 Å². The number of hydrogen-bond donors (Lipinski definition) is 0. The Morgan fingerprint density at radius 1 is 1.57 bits per heavy atom. The summed E-state index contributed by atoms with van der Waals surface area (Å²) in [4.78, 5) is 14.4. The highest BCUT2D eigenvalue weighted by molar-refractivity contribution is 7.07. The van der Waals surface area contributed by atoms with Crippen molar-refractivity contribution in [2.45, 2.75) is 18.9 Å². The van der Waals surface area contributed by atoms with Gasteiger partial charge < -0.3 is 9.64 Å². The maximum absolute atomic E-state index is 12.5. The van der Waals surface area contributed by atoms with E-state index in [4.69, 9.17) is 4.74 Å². The third-order valence-corrected chi connectivity index (χ3v) is 4.70. The lowest BCUT2D eigenvalue weighted by atomic mass is 9.95. The second kappa shape index (κ2) is 5.99. The van der Waals surface area contributed by atoms with Gasteiger partial charge in [0.05, 0.1) is 31.5 Å². The van der Waals surface area contributed by atoms with Crippen LogP contribution in [0.1, 0.15) is 22.7 Å². The molecule has 1 aliphatic rings. The molecule has 0 spiro atoms. The minimum Gasteiger partial charge on any atom is -0.384 e. The number of fused-ring (bicyclic) bond motifs is 1. The number of rotatable bonds is 4. The molecule has 1 aliphatic heterocycles. The summed E-state index contributed by atoms with van der Waals surface area (Å²) in [5, 5.41) is 8.36. The smallest absolute Gasteiger partial charge is 0.227 e. The van der Waals surface area contributed by atoms with Crippen molar-refractivity contribution in [1.29, 1.82) is 0 Å². The summed E-state index contributed by atoms with van der Waals surface area (Å²) >= 11 is 1.62. The fourth-order valence-corrected chi connectivity index (χ4v) is 3.51. The summed E-state index contributed by atoms with van der Waals surface area (Å²) in [5.41, 5.74) is 3.41. The molecule has 112 valence electrons. The highest BCUT2D eigenvalue weighted by atomic mass is 32.1. The molecular weight excluding hydrogens is 286 g/mol. The lowest BCUT2D eigenvalue weighted by Crippen LogP contribution is -2.40. The Kier molecular flexibility index (Phi) is 4.07. The van der Waals surface area contributed by atoms with Crippen LogP contribution in [0.5, 0.6) is 0 Å². The van der Waals surface area contributed by atoms with Gasteiger partial charge in [-0.05, 0) is 22.4 Å². The molecule has 0 fully saturated rings. The van der Waals surface area contributed by atoms with Gasteiger partial charge in [0.2, 0.25) is 5.91 Å². The van der Waals surface area contributed by atoms with Crippen molar-refractivity contribution in [2.75, 3.05) is 20.3 Å². The molecule has 0 unspecified atom stereocenters. The maximum atomic E-state index is 12.5. The highest BCUT2D eigenvalue weighted by Gasteiger charge is 2.30. The zero-order valence-electron chi connectivity index (χ0n) is 12.3. The van der Waals surface area contributed by atoms with Crippen molar-refractivity contribution in [2.24, 2.45) is 7.05 Å². The van der Waals surface area contributed by atoms with Gasteiger partial charge in [-0.3, -0.25) is 9.48 Å². The molecule has 0 saturated carbocycles. The minimum atomic E-state index is 0.168. The van der Waals surface area contributed by atoms with E-state index in [-0.39, 0.29) is 11.8 Å². The van der Waals surface area contributed by atoms with Gasteiger partial charge in [0.15, 0.2) is 0 Å². The van der Waals surface area contributed by atoms with Gasteiger partial charge in [0.1, 0.15) is 0 Å². The van der Waals surface area contributed by atoms with Crippen molar-refractivity contribution in [3.63, 3.8) is 0 Å². The predicted molar refractivity (Wildman–Crippen MR) is 81.3 cm³/mol. The van der Waals surface area contributed by atoms with Crippen molar-refractivity contribution >= 4 is 17.2 Å². The molecule has 0 bridgehead atoms. The van der Waals surface area contributed by atoms with Gasteiger partial charge in [-0.15, -0.1) is 0 Å².